The van der Waals surface area contributed by atoms with Crippen LogP contribution in [0.4, 0.5) is 5.69 Å². The summed E-state index contributed by atoms with van der Waals surface area (Å²) in [5.41, 5.74) is 3.06. The summed E-state index contributed by atoms with van der Waals surface area (Å²) in [6.45, 7) is -0.00593. The van der Waals surface area contributed by atoms with Crippen molar-refractivity contribution in [2.45, 2.75) is 5.09 Å². The Balaban J connectivity index is 1.53. The number of rotatable bonds is 6. The van der Waals surface area contributed by atoms with E-state index in [0.29, 0.717) is 0 Å². The van der Waals surface area contributed by atoms with Crippen LogP contribution in [-0.4, -0.2) is 31.6 Å². The quantitative estimate of drug-likeness (QED) is 0.387. The molecule has 3 rings (SSSR count). The number of benzene rings is 2. The molecule has 0 saturated carbocycles. The minimum Gasteiger partial charge on any atom is -0.742 e. The summed E-state index contributed by atoms with van der Waals surface area (Å²) in [7, 11) is -4.65. The van der Waals surface area contributed by atoms with E-state index in [4.69, 9.17) is 4.42 Å². The summed E-state index contributed by atoms with van der Waals surface area (Å²) in [4.78, 5) is 11.8. The predicted octanol–water partition coefficient (Wildman–Crippen LogP) is 1.90. The summed E-state index contributed by atoms with van der Waals surface area (Å²) in [6.07, 6.45) is 1.10. The highest BCUT2D eigenvalue weighted by Gasteiger charge is 2.06. The monoisotopic (exact) mass is 372 g/mol. The Labute approximate surface area is 149 Å². The number of nitrogens with one attached hydrogen (secondary N) is 2. The fourth-order valence-corrected chi connectivity index (χ4v) is 2.66. The molecule has 0 bridgehead atoms. The Morgan fingerprint density at radius 1 is 1.12 bits per heavy atom. The molecule has 1 aromatic heterocycles. The molecule has 8 nitrogen and oxygen atoms in total. The molecule has 2 N–H and O–H groups in total. The van der Waals surface area contributed by atoms with Gasteiger partial charge in [0.2, 0.25) is 5.09 Å². The van der Waals surface area contributed by atoms with Gasteiger partial charge in [-0.15, -0.1) is 0 Å². The molecular weight excluding hydrogens is 358 g/mol. The molecule has 9 heteroatoms. The molecule has 0 saturated heterocycles. The van der Waals surface area contributed by atoms with Crippen molar-refractivity contribution in [2.24, 2.45) is 5.10 Å². The van der Waals surface area contributed by atoms with E-state index in [9.17, 15) is 17.8 Å². The molecule has 1 amide bonds. The Kier molecular flexibility index (Phi) is 5.01. The Morgan fingerprint density at radius 3 is 2.62 bits per heavy atom. The molecule has 134 valence electrons. The third-order valence-electron chi connectivity index (χ3n) is 3.43. The van der Waals surface area contributed by atoms with Gasteiger partial charge >= 0.3 is 0 Å². The van der Waals surface area contributed by atoms with E-state index in [1.165, 1.54) is 6.07 Å². The number of carbonyl (C=O) groups is 1. The maximum atomic E-state index is 11.8. The number of fused-ring (bicyclic) bond motifs is 1. The van der Waals surface area contributed by atoms with Crippen LogP contribution in [0.5, 0.6) is 0 Å². The van der Waals surface area contributed by atoms with Gasteiger partial charge in [-0.3, -0.25) is 4.79 Å². The third-order valence-corrected chi connectivity index (χ3v) is 4.14. The lowest BCUT2D eigenvalue weighted by Gasteiger charge is -2.06. The van der Waals surface area contributed by atoms with Crippen molar-refractivity contribution >= 4 is 38.7 Å². The molecule has 1 heterocycles. The van der Waals surface area contributed by atoms with E-state index in [-0.39, 0.29) is 12.3 Å². The molecule has 0 aliphatic carbocycles. The van der Waals surface area contributed by atoms with Gasteiger partial charge in [-0.25, -0.2) is 13.8 Å². The average molecular weight is 372 g/mol. The van der Waals surface area contributed by atoms with Gasteiger partial charge in [-0.05, 0) is 35.0 Å². The van der Waals surface area contributed by atoms with Crippen molar-refractivity contribution in [3.8, 4) is 0 Å². The first-order chi connectivity index (χ1) is 12.4. The standard InChI is InChI=1S/C17H15N3O5S/c21-16(20-19-10-15-7-8-17(25-15)26(22,23)24)11-18-14-6-5-12-3-1-2-4-13(12)9-14/h1-10,18H,11H2,(H,20,21)(H,22,23,24)/p-1. The normalized spacial score (nSPS) is 11.7. The number of nitrogens with zero attached hydrogens (tertiary/aromatic N) is 1. The van der Waals surface area contributed by atoms with Crippen LogP contribution in [0.3, 0.4) is 0 Å². The molecule has 0 fully saturated rings. The lowest BCUT2D eigenvalue weighted by molar-refractivity contribution is -0.119. The van der Waals surface area contributed by atoms with Gasteiger partial charge in [0.25, 0.3) is 5.91 Å². The number of hydrogen-bond donors (Lipinski definition) is 2. The zero-order valence-corrected chi connectivity index (χ0v) is 14.2. The summed E-state index contributed by atoms with van der Waals surface area (Å²) >= 11 is 0. The molecule has 3 aromatic rings. The van der Waals surface area contributed by atoms with E-state index >= 15 is 0 Å². The number of hydrazone groups is 1. The molecule has 0 atom stereocenters. The van der Waals surface area contributed by atoms with Crippen LogP contribution in [0.25, 0.3) is 10.8 Å². The molecule has 0 spiro atoms. The van der Waals surface area contributed by atoms with Crippen LogP contribution >= 0.6 is 0 Å². The van der Waals surface area contributed by atoms with Crippen molar-refractivity contribution in [3.05, 3.63) is 60.4 Å². The van der Waals surface area contributed by atoms with E-state index in [1.54, 1.807) is 0 Å². The number of carbonyl (C=O) groups excluding carboxylic acids is 1. The summed E-state index contributed by atoms with van der Waals surface area (Å²) < 4.78 is 37.1. The first-order valence-electron chi connectivity index (χ1n) is 7.52. The third kappa shape index (κ3) is 4.47. The van der Waals surface area contributed by atoms with Crippen molar-refractivity contribution in [1.82, 2.24) is 5.43 Å². The second-order valence-corrected chi connectivity index (χ2v) is 6.63. The van der Waals surface area contributed by atoms with E-state index in [0.717, 1.165) is 28.7 Å². The first-order valence-corrected chi connectivity index (χ1v) is 8.93. The molecule has 0 aliphatic heterocycles. The zero-order chi connectivity index (χ0) is 18.6. The second kappa shape index (κ2) is 7.38. The molecule has 0 aliphatic rings. The van der Waals surface area contributed by atoms with Gasteiger partial charge in [-0.1, -0.05) is 30.3 Å². The van der Waals surface area contributed by atoms with E-state index < -0.39 is 21.1 Å². The zero-order valence-electron chi connectivity index (χ0n) is 13.4. The largest absolute Gasteiger partial charge is 0.742 e. The maximum Gasteiger partial charge on any atom is 0.259 e. The lowest BCUT2D eigenvalue weighted by Crippen LogP contribution is -2.25. The summed E-state index contributed by atoms with van der Waals surface area (Å²) in [5, 5.41) is 8.07. The van der Waals surface area contributed by atoms with Crippen molar-refractivity contribution in [1.29, 1.82) is 0 Å². The summed E-state index contributed by atoms with van der Waals surface area (Å²) in [5.74, 6) is -0.375. The fourth-order valence-electron chi connectivity index (χ4n) is 2.23. The number of furan rings is 1. The summed E-state index contributed by atoms with van der Waals surface area (Å²) in [6, 6.07) is 15.9. The number of anilines is 1. The molecule has 0 unspecified atom stereocenters. The second-order valence-electron chi connectivity index (χ2n) is 5.32. The minimum absolute atomic E-state index is 0.00593. The Hall–Kier alpha value is -3.17. The van der Waals surface area contributed by atoms with Crippen molar-refractivity contribution in [3.63, 3.8) is 0 Å². The van der Waals surface area contributed by atoms with Crippen LogP contribution in [0, 0.1) is 0 Å². The van der Waals surface area contributed by atoms with Crippen molar-refractivity contribution < 1.29 is 22.2 Å². The smallest absolute Gasteiger partial charge is 0.259 e. The highest BCUT2D eigenvalue weighted by molar-refractivity contribution is 7.85. The van der Waals surface area contributed by atoms with Gasteiger partial charge in [0.15, 0.2) is 10.1 Å². The van der Waals surface area contributed by atoms with Crippen LogP contribution in [0.1, 0.15) is 5.76 Å². The van der Waals surface area contributed by atoms with E-state index in [2.05, 4.69) is 15.8 Å². The van der Waals surface area contributed by atoms with Crippen LogP contribution < -0.4 is 10.7 Å². The van der Waals surface area contributed by atoms with Crippen LogP contribution in [0.2, 0.25) is 0 Å². The topological polar surface area (TPSA) is 124 Å². The molecular formula is C17H14N3O5S-. The van der Waals surface area contributed by atoms with Gasteiger partial charge in [0, 0.05) is 5.69 Å². The van der Waals surface area contributed by atoms with Crippen LogP contribution in [-0.2, 0) is 14.9 Å². The van der Waals surface area contributed by atoms with Crippen molar-refractivity contribution in [2.75, 3.05) is 11.9 Å². The Morgan fingerprint density at radius 2 is 1.88 bits per heavy atom. The molecule has 2 aromatic carbocycles. The highest BCUT2D eigenvalue weighted by Crippen LogP contribution is 2.18. The number of hydrogen-bond acceptors (Lipinski definition) is 7. The van der Waals surface area contributed by atoms with Gasteiger partial charge in [0.05, 0.1) is 12.8 Å². The van der Waals surface area contributed by atoms with E-state index in [1.807, 2.05) is 42.5 Å². The van der Waals surface area contributed by atoms with Gasteiger partial charge in [-0.2, -0.15) is 5.10 Å². The average Bonchev–Trinajstić information content (AvgIpc) is 3.09. The lowest BCUT2D eigenvalue weighted by atomic mass is 10.1. The fraction of sp³-hybridized carbons (Fsp3) is 0.0588. The molecule has 26 heavy (non-hydrogen) atoms. The first kappa shape index (κ1) is 17.6. The van der Waals surface area contributed by atoms with Gasteiger partial charge < -0.3 is 14.3 Å². The van der Waals surface area contributed by atoms with Gasteiger partial charge in [0.1, 0.15) is 5.76 Å². The highest BCUT2D eigenvalue weighted by atomic mass is 32.2. The minimum atomic E-state index is -4.65. The maximum absolute atomic E-state index is 11.8. The number of amides is 1. The Bertz CT molecular complexity index is 1070. The SMILES string of the molecule is O=C(CNc1ccc2ccccc2c1)NN=Cc1ccc(S(=O)(=O)[O-])o1. The predicted molar refractivity (Wildman–Crippen MR) is 94.8 cm³/mol. The molecule has 0 radical (unpaired) electrons. The van der Waals surface area contributed by atoms with Crippen LogP contribution in [0.15, 0.2) is 69.2 Å².